The number of aliphatic hydroxyl groups excluding tert-OH is 1. The molecular weight excluding hydrogens is 270 g/mol. The first-order chi connectivity index (χ1) is 9.90. The van der Waals surface area contributed by atoms with Crippen molar-refractivity contribution in [2.45, 2.75) is 31.9 Å². The molecule has 2 rings (SSSR count). The number of piperidine rings is 1. The molecule has 1 saturated heterocycles. The number of aliphatic hydroxyl groups is 1. The van der Waals surface area contributed by atoms with E-state index in [1.807, 2.05) is 11.9 Å². The molecular formula is C15H23N3O3. The van der Waals surface area contributed by atoms with Gasteiger partial charge in [0.2, 0.25) is 0 Å². The number of benzene rings is 1. The molecule has 0 aliphatic carbocycles. The zero-order valence-corrected chi connectivity index (χ0v) is 12.8. The summed E-state index contributed by atoms with van der Waals surface area (Å²) in [5.74, 6) is 0. The molecule has 1 heterocycles. The SMILES string of the molecule is CC(O)c1ccc(N(C)C2CCN(C)CC2)c([N+](=O)[O-])c1. The number of rotatable bonds is 4. The summed E-state index contributed by atoms with van der Waals surface area (Å²) in [4.78, 5) is 15.2. The molecule has 21 heavy (non-hydrogen) atoms. The molecule has 1 atom stereocenters. The van der Waals surface area contributed by atoms with Crippen molar-refractivity contribution in [2.24, 2.45) is 0 Å². The normalized spacial score (nSPS) is 18.5. The van der Waals surface area contributed by atoms with Crippen molar-refractivity contribution in [1.29, 1.82) is 0 Å². The predicted octanol–water partition coefficient (Wildman–Crippen LogP) is 2.18. The van der Waals surface area contributed by atoms with Crippen LogP contribution in [0, 0.1) is 10.1 Å². The van der Waals surface area contributed by atoms with Crippen LogP contribution < -0.4 is 4.90 Å². The van der Waals surface area contributed by atoms with Gasteiger partial charge in [0.1, 0.15) is 5.69 Å². The third-order valence-electron chi connectivity index (χ3n) is 4.29. The molecule has 0 amide bonds. The fourth-order valence-corrected chi connectivity index (χ4v) is 2.82. The van der Waals surface area contributed by atoms with Gasteiger partial charge in [0.25, 0.3) is 5.69 Å². The van der Waals surface area contributed by atoms with Gasteiger partial charge in [-0.3, -0.25) is 10.1 Å². The smallest absolute Gasteiger partial charge is 0.292 e. The molecule has 1 aromatic carbocycles. The Balaban J connectivity index is 2.27. The first-order valence-corrected chi connectivity index (χ1v) is 7.28. The average Bonchev–Trinajstić information content (AvgIpc) is 2.46. The Morgan fingerprint density at radius 1 is 1.43 bits per heavy atom. The Kier molecular flexibility index (Phi) is 4.80. The first-order valence-electron chi connectivity index (χ1n) is 7.28. The molecule has 0 spiro atoms. The zero-order chi connectivity index (χ0) is 15.6. The highest BCUT2D eigenvalue weighted by Crippen LogP contribution is 2.33. The number of anilines is 1. The Bertz CT molecular complexity index is 511. The van der Waals surface area contributed by atoms with E-state index < -0.39 is 6.10 Å². The van der Waals surface area contributed by atoms with Gasteiger partial charge in [-0.25, -0.2) is 0 Å². The molecule has 1 aliphatic rings. The summed E-state index contributed by atoms with van der Waals surface area (Å²) in [6.45, 7) is 3.63. The van der Waals surface area contributed by atoms with Crippen LogP contribution in [0.4, 0.5) is 11.4 Å². The van der Waals surface area contributed by atoms with Crippen LogP contribution >= 0.6 is 0 Å². The quantitative estimate of drug-likeness (QED) is 0.680. The first kappa shape index (κ1) is 15.7. The van der Waals surface area contributed by atoms with Gasteiger partial charge in [0.15, 0.2) is 0 Å². The van der Waals surface area contributed by atoms with Crippen LogP contribution in [0.3, 0.4) is 0 Å². The lowest BCUT2D eigenvalue weighted by Gasteiger charge is -2.36. The average molecular weight is 293 g/mol. The van der Waals surface area contributed by atoms with E-state index in [1.54, 1.807) is 19.1 Å². The fraction of sp³-hybridized carbons (Fsp3) is 0.600. The second kappa shape index (κ2) is 6.41. The maximum atomic E-state index is 11.3. The molecule has 0 aromatic heterocycles. The zero-order valence-electron chi connectivity index (χ0n) is 12.8. The molecule has 1 aromatic rings. The lowest BCUT2D eigenvalue weighted by molar-refractivity contribution is -0.384. The van der Waals surface area contributed by atoms with Crippen molar-refractivity contribution in [3.05, 3.63) is 33.9 Å². The van der Waals surface area contributed by atoms with E-state index in [2.05, 4.69) is 11.9 Å². The minimum absolute atomic E-state index is 0.0647. The van der Waals surface area contributed by atoms with Gasteiger partial charge in [0.05, 0.1) is 11.0 Å². The minimum atomic E-state index is -0.702. The van der Waals surface area contributed by atoms with Crippen LogP contribution in [0.15, 0.2) is 18.2 Å². The maximum absolute atomic E-state index is 11.3. The number of nitro groups is 1. The minimum Gasteiger partial charge on any atom is -0.389 e. The van der Waals surface area contributed by atoms with Gasteiger partial charge in [-0.15, -0.1) is 0 Å². The summed E-state index contributed by atoms with van der Waals surface area (Å²) in [6, 6.07) is 5.31. The van der Waals surface area contributed by atoms with Crippen molar-refractivity contribution in [1.82, 2.24) is 4.90 Å². The van der Waals surface area contributed by atoms with E-state index in [9.17, 15) is 15.2 Å². The van der Waals surface area contributed by atoms with Gasteiger partial charge >= 0.3 is 0 Å². The van der Waals surface area contributed by atoms with Crippen LogP contribution in [-0.2, 0) is 0 Å². The lowest BCUT2D eigenvalue weighted by Crippen LogP contribution is -2.42. The summed E-state index contributed by atoms with van der Waals surface area (Å²) in [6.07, 6.45) is 1.30. The van der Waals surface area contributed by atoms with E-state index in [0.717, 1.165) is 25.9 Å². The molecule has 1 fully saturated rings. The molecule has 1 aliphatic heterocycles. The van der Waals surface area contributed by atoms with E-state index >= 15 is 0 Å². The molecule has 116 valence electrons. The Labute approximate surface area is 125 Å². The highest BCUT2D eigenvalue weighted by molar-refractivity contribution is 5.64. The van der Waals surface area contributed by atoms with Crippen molar-refractivity contribution >= 4 is 11.4 Å². The van der Waals surface area contributed by atoms with Gasteiger partial charge < -0.3 is 14.9 Å². The lowest BCUT2D eigenvalue weighted by atomic mass is 10.0. The fourth-order valence-electron chi connectivity index (χ4n) is 2.82. The summed E-state index contributed by atoms with van der Waals surface area (Å²) in [5.41, 5.74) is 1.26. The van der Waals surface area contributed by atoms with Gasteiger partial charge in [-0.05, 0) is 51.5 Å². The van der Waals surface area contributed by atoms with Crippen molar-refractivity contribution in [3.8, 4) is 0 Å². The molecule has 1 unspecified atom stereocenters. The summed E-state index contributed by atoms with van der Waals surface area (Å²) in [7, 11) is 4.01. The summed E-state index contributed by atoms with van der Waals surface area (Å²) < 4.78 is 0. The van der Waals surface area contributed by atoms with Crippen molar-refractivity contribution in [3.63, 3.8) is 0 Å². The Hall–Kier alpha value is -1.66. The number of likely N-dealkylation sites (tertiary alicyclic amines) is 1. The number of nitro benzene ring substituents is 1. The molecule has 1 N–H and O–H groups in total. The largest absolute Gasteiger partial charge is 0.389 e. The summed E-state index contributed by atoms with van der Waals surface area (Å²) in [5, 5.41) is 20.9. The Morgan fingerprint density at radius 2 is 2.05 bits per heavy atom. The molecule has 6 nitrogen and oxygen atoms in total. The maximum Gasteiger partial charge on any atom is 0.292 e. The summed E-state index contributed by atoms with van der Waals surface area (Å²) >= 11 is 0. The van der Waals surface area contributed by atoms with E-state index in [1.165, 1.54) is 6.07 Å². The van der Waals surface area contributed by atoms with E-state index in [-0.39, 0.29) is 10.6 Å². The van der Waals surface area contributed by atoms with Crippen LogP contribution in [0.1, 0.15) is 31.4 Å². The molecule has 0 saturated carbocycles. The van der Waals surface area contributed by atoms with Gasteiger partial charge in [0, 0.05) is 19.2 Å². The topological polar surface area (TPSA) is 69.8 Å². The molecule has 0 radical (unpaired) electrons. The molecule has 6 heteroatoms. The predicted molar refractivity (Wildman–Crippen MR) is 82.7 cm³/mol. The van der Waals surface area contributed by atoms with Crippen molar-refractivity contribution < 1.29 is 10.0 Å². The molecule has 0 bridgehead atoms. The third kappa shape index (κ3) is 3.51. The third-order valence-corrected chi connectivity index (χ3v) is 4.29. The van der Waals surface area contributed by atoms with Gasteiger partial charge in [-0.1, -0.05) is 6.07 Å². The standard InChI is InChI=1S/C15H23N3O3/c1-11(19)12-4-5-14(15(10-12)18(20)21)17(3)13-6-8-16(2)9-7-13/h4-5,10-11,13,19H,6-9H2,1-3H3. The van der Waals surface area contributed by atoms with Crippen LogP contribution in [0.2, 0.25) is 0 Å². The van der Waals surface area contributed by atoms with Crippen LogP contribution in [-0.4, -0.2) is 48.2 Å². The highest BCUT2D eigenvalue weighted by Gasteiger charge is 2.26. The number of nitrogens with zero attached hydrogens (tertiary/aromatic N) is 3. The number of hydrogen-bond donors (Lipinski definition) is 1. The van der Waals surface area contributed by atoms with E-state index in [4.69, 9.17) is 0 Å². The van der Waals surface area contributed by atoms with Crippen LogP contribution in [0.5, 0.6) is 0 Å². The number of hydrogen-bond acceptors (Lipinski definition) is 5. The van der Waals surface area contributed by atoms with E-state index in [0.29, 0.717) is 17.3 Å². The second-order valence-electron chi connectivity index (χ2n) is 5.83. The second-order valence-corrected chi connectivity index (χ2v) is 5.83. The van der Waals surface area contributed by atoms with Gasteiger partial charge in [-0.2, -0.15) is 0 Å². The van der Waals surface area contributed by atoms with Crippen LogP contribution in [0.25, 0.3) is 0 Å². The monoisotopic (exact) mass is 293 g/mol. The van der Waals surface area contributed by atoms with Crippen molar-refractivity contribution in [2.75, 3.05) is 32.1 Å². The highest BCUT2D eigenvalue weighted by atomic mass is 16.6. The Morgan fingerprint density at radius 3 is 2.57 bits per heavy atom.